The Balaban J connectivity index is 0.926. The number of halogens is 6. The van der Waals surface area contributed by atoms with Crippen molar-refractivity contribution in [3.05, 3.63) is 143 Å². The molecule has 2 fully saturated rings. The molecule has 2 N–H and O–H groups in total. The summed E-state index contributed by atoms with van der Waals surface area (Å²) in [6.07, 6.45) is 6.32. The highest BCUT2D eigenvalue weighted by molar-refractivity contribution is 7.12. The number of alkyl halides is 4. The molecule has 3 aliphatic rings. The van der Waals surface area contributed by atoms with Crippen LogP contribution < -0.4 is 9.47 Å². The summed E-state index contributed by atoms with van der Waals surface area (Å²) >= 11 is 15.2. The van der Waals surface area contributed by atoms with Crippen molar-refractivity contribution in [1.82, 2.24) is 9.80 Å². The van der Waals surface area contributed by atoms with Crippen LogP contribution >= 0.6 is 45.9 Å². The number of rotatable bonds is 20. The first-order valence-electron chi connectivity index (χ1n) is 22.7. The van der Waals surface area contributed by atoms with E-state index in [1.165, 1.54) is 6.92 Å². The molecule has 360 valence electrons. The zero-order valence-corrected chi connectivity index (χ0v) is 40.7. The van der Waals surface area contributed by atoms with E-state index in [-0.39, 0.29) is 47.1 Å². The predicted molar refractivity (Wildman–Crippen MR) is 260 cm³/mol. The van der Waals surface area contributed by atoms with E-state index < -0.39 is 36.6 Å². The first-order chi connectivity index (χ1) is 32.5. The highest BCUT2D eigenvalue weighted by Crippen LogP contribution is 2.47. The van der Waals surface area contributed by atoms with Crippen LogP contribution in [0, 0.1) is 17.8 Å². The molecule has 1 aliphatic carbocycles. The Labute approximate surface area is 411 Å². The number of carbonyl (C=O) groups is 2. The number of thiophene rings is 2. The number of ether oxygens (including phenoxy) is 2. The summed E-state index contributed by atoms with van der Waals surface area (Å²) in [7, 11) is 0. The third-order valence-corrected chi connectivity index (χ3v) is 15.9. The Bertz CT molecular complexity index is 2700. The van der Waals surface area contributed by atoms with Crippen LogP contribution in [0.4, 0.5) is 17.6 Å². The van der Waals surface area contributed by atoms with Gasteiger partial charge in [0.1, 0.15) is 24.7 Å². The van der Waals surface area contributed by atoms with E-state index in [2.05, 4.69) is 4.90 Å². The average Bonchev–Trinajstić information content (AvgIpc) is 4.07. The lowest BCUT2D eigenvalue weighted by molar-refractivity contribution is -0.147. The smallest absolute Gasteiger partial charge is 0.309 e. The molecule has 4 heterocycles. The van der Waals surface area contributed by atoms with Crippen molar-refractivity contribution in [2.75, 3.05) is 26.2 Å². The second kappa shape index (κ2) is 21.1. The number of nitrogens with zero attached hydrogens (tertiary/aromatic N) is 2. The number of carboxylic acid groups (broad SMARTS) is 2. The summed E-state index contributed by atoms with van der Waals surface area (Å²) < 4.78 is 76.2. The first-order valence-corrected chi connectivity index (χ1v) is 25.1. The highest BCUT2D eigenvalue weighted by Gasteiger charge is 2.38. The molecular formula is C52H52Cl2F4N2O6S2. The molecule has 5 aromatic rings. The van der Waals surface area contributed by atoms with Gasteiger partial charge in [-0.1, -0.05) is 91.7 Å². The van der Waals surface area contributed by atoms with E-state index in [4.69, 9.17) is 37.8 Å². The molecule has 3 aromatic carbocycles. The summed E-state index contributed by atoms with van der Waals surface area (Å²) in [5, 5.41) is 19.3. The van der Waals surface area contributed by atoms with Crippen molar-refractivity contribution >= 4 is 63.4 Å². The van der Waals surface area contributed by atoms with E-state index in [1.54, 1.807) is 60.7 Å². The lowest BCUT2D eigenvalue weighted by Gasteiger charge is -2.36. The van der Waals surface area contributed by atoms with Gasteiger partial charge in [-0.15, -0.1) is 22.7 Å². The normalized spacial score (nSPS) is 18.1. The molecule has 2 atom stereocenters. The molecule has 8 nitrogen and oxygen atoms in total. The highest BCUT2D eigenvalue weighted by atomic mass is 35.5. The van der Waals surface area contributed by atoms with Gasteiger partial charge in [0.05, 0.1) is 31.6 Å². The van der Waals surface area contributed by atoms with Crippen LogP contribution in [0.1, 0.15) is 81.3 Å². The quantitative estimate of drug-likeness (QED) is 0.0744. The van der Waals surface area contributed by atoms with Gasteiger partial charge in [-0.25, -0.2) is 17.6 Å². The Kier molecular flexibility index (Phi) is 15.4. The zero-order chi connectivity index (χ0) is 48.3. The maximum atomic E-state index is 16.6. The summed E-state index contributed by atoms with van der Waals surface area (Å²) in [6.45, 7) is 6.69. The molecule has 0 radical (unpaired) electrons. The molecule has 0 saturated carbocycles. The topological polar surface area (TPSA) is 99.5 Å². The van der Waals surface area contributed by atoms with Gasteiger partial charge < -0.3 is 19.7 Å². The Morgan fingerprint density at radius 1 is 0.735 bits per heavy atom. The number of aryl methyl sites for hydroxylation is 1. The SMILES string of the molecule is CCC(F)(F)c1sc(COc2ccc(CN3CC(C(=O)O)C3)cc2Cl)cc1-c1ccc(CCC(F)(F)c2sc(COc3ccc(CN4CCC(C(=O)O)C4)cc3Cl)cc2C2=CC=CCC2C)cc1. The van der Waals surface area contributed by atoms with Gasteiger partial charge in [-0.05, 0) is 102 Å². The van der Waals surface area contributed by atoms with Crippen LogP contribution in [0.15, 0.2) is 91.0 Å². The average molecular weight is 1010 g/mol. The third-order valence-electron chi connectivity index (χ3n) is 12.9. The second-order valence-electron chi connectivity index (χ2n) is 18.0. The van der Waals surface area contributed by atoms with Crippen LogP contribution in [0.25, 0.3) is 16.7 Å². The molecule has 2 aliphatic heterocycles. The van der Waals surface area contributed by atoms with E-state index in [1.807, 2.05) is 42.2 Å². The van der Waals surface area contributed by atoms with E-state index in [9.17, 15) is 14.7 Å². The molecule has 8 rings (SSSR count). The molecule has 16 heteroatoms. The molecular weight excluding hydrogens is 960 g/mol. The predicted octanol–water partition coefficient (Wildman–Crippen LogP) is 13.6. The van der Waals surface area contributed by atoms with Crippen molar-refractivity contribution < 1.29 is 46.8 Å². The van der Waals surface area contributed by atoms with Crippen LogP contribution in [-0.2, 0) is 54.2 Å². The van der Waals surface area contributed by atoms with Crippen molar-refractivity contribution in [2.24, 2.45) is 17.8 Å². The molecule has 0 amide bonds. The molecule has 2 aromatic heterocycles. The number of benzene rings is 3. The summed E-state index contributed by atoms with van der Waals surface area (Å²) in [5.41, 5.74) is 4.69. The fraction of sp³-hybridized carbons (Fsp3) is 0.385. The van der Waals surface area contributed by atoms with Gasteiger partial charge in [0, 0.05) is 60.9 Å². The summed E-state index contributed by atoms with van der Waals surface area (Å²) in [4.78, 5) is 27.7. The molecule has 0 bridgehead atoms. The molecule has 68 heavy (non-hydrogen) atoms. The summed E-state index contributed by atoms with van der Waals surface area (Å²) in [5.74, 6) is -7.81. The largest absolute Gasteiger partial charge is 0.487 e. The number of aliphatic carboxylic acids is 2. The van der Waals surface area contributed by atoms with Crippen molar-refractivity contribution in [1.29, 1.82) is 0 Å². The van der Waals surface area contributed by atoms with Gasteiger partial charge in [-0.3, -0.25) is 19.4 Å². The number of hydrogen-bond donors (Lipinski definition) is 2. The lowest BCUT2D eigenvalue weighted by Crippen LogP contribution is -2.49. The van der Waals surface area contributed by atoms with Crippen molar-refractivity contribution in [3.63, 3.8) is 0 Å². The number of allylic oxidation sites excluding steroid dienone is 4. The minimum absolute atomic E-state index is 0.000459. The number of likely N-dealkylation sites (tertiary alicyclic amines) is 2. The van der Waals surface area contributed by atoms with Crippen molar-refractivity contribution in [3.8, 4) is 22.6 Å². The van der Waals surface area contributed by atoms with Gasteiger partial charge in [-0.2, -0.15) is 0 Å². The minimum atomic E-state index is -3.20. The lowest BCUT2D eigenvalue weighted by atomic mass is 9.87. The fourth-order valence-electron chi connectivity index (χ4n) is 8.89. The Morgan fingerprint density at radius 3 is 1.82 bits per heavy atom. The maximum absolute atomic E-state index is 16.6. The standard InChI is InChI=1S/C52H52Cl2F4N2O6S2/c1-3-51(55,56)47-41(22-38(67-47)29-65-46-15-11-34(21-44(46)54)25-60-27-37(28-60)50(63)64)35-12-8-32(9-13-35)16-18-52(57,58)48-42(40-7-5-4-6-31(40)2)23-39(68-48)30-66-45-14-10-33(20-43(45)53)24-59-19-17-36(26-59)49(61)62/h4-5,7-15,20-23,31,36-37H,3,6,16-19,24-30H2,1-2H3,(H,61,62)(H,63,64). The van der Waals surface area contributed by atoms with Crippen LogP contribution in [-0.4, -0.2) is 58.1 Å². The van der Waals surface area contributed by atoms with E-state index in [0.717, 1.165) is 45.8 Å². The van der Waals surface area contributed by atoms with Gasteiger partial charge >= 0.3 is 11.9 Å². The fourth-order valence-corrected chi connectivity index (χ4v) is 11.6. The zero-order valence-electron chi connectivity index (χ0n) is 37.6. The van der Waals surface area contributed by atoms with Gasteiger partial charge in [0.2, 0.25) is 0 Å². The van der Waals surface area contributed by atoms with Crippen molar-refractivity contribution in [2.45, 2.75) is 84.1 Å². The minimum Gasteiger partial charge on any atom is -0.487 e. The van der Waals surface area contributed by atoms with Gasteiger partial charge in [0.25, 0.3) is 11.8 Å². The summed E-state index contributed by atoms with van der Waals surface area (Å²) in [6, 6.07) is 21.1. The Hall–Kier alpha value is -4.70. The van der Waals surface area contributed by atoms with Crippen LogP contribution in [0.5, 0.6) is 11.5 Å². The number of hydrogen-bond acceptors (Lipinski definition) is 8. The number of carboxylic acids is 2. The van der Waals surface area contributed by atoms with Crippen LogP contribution in [0.2, 0.25) is 10.0 Å². The third kappa shape index (κ3) is 11.7. The monoisotopic (exact) mass is 1010 g/mol. The first kappa shape index (κ1) is 49.7. The molecule has 2 saturated heterocycles. The second-order valence-corrected chi connectivity index (χ2v) is 21.0. The van der Waals surface area contributed by atoms with Gasteiger partial charge in [0.15, 0.2) is 0 Å². The Morgan fingerprint density at radius 2 is 1.28 bits per heavy atom. The van der Waals surface area contributed by atoms with E-state index in [0.29, 0.717) is 99.2 Å². The maximum Gasteiger partial charge on any atom is 0.309 e. The van der Waals surface area contributed by atoms with Crippen LogP contribution in [0.3, 0.4) is 0 Å². The molecule has 0 spiro atoms. The van der Waals surface area contributed by atoms with E-state index >= 15 is 17.6 Å². The molecule has 2 unspecified atom stereocenters.